The molecule has 1 saturated carbocycles. The van der Waals surface area contributed by atoms with Crippen molar-refractivity contribution in [1.29, 1.82) is 0 Å². The molecule has 1 spiro atoms. The first-order chi connectivity index (χ1) is 11.2. The SMILES string of the molecule is CNC(=O)NCCN1C(=O)C2(CCCCC2)C1c1ccccc1. The summed E-state index contributed by atoms with van der Waals surface area (Å²) in [6.45, 7) is 1.04. The molecule has 1 aliphatic carbocycles. The highest BCUT2D eigenvalue weighted by Crippen LogP contribution is 2.57. The molecule has 1 aromatic carbocycles. The van der Waals surface area contributed by atoms with Crippen molar-refractivity contribution in [2.75, 3.05) is 20.1 Å². The molecule has 3 rings (SSSR count). The number of carbonyl (C=O) groups excluding carboxylic acids is 2. The van der Waals surface area contributed by atoms with Crippen molar-refractivity contribution < 1.29 is 9.59 Å². The van der Waals surface area contributed by atoms with E-state index in [4.69, 9.17) is 0 Å². The molecule has 1 heterocycles. The van der Waals surface area contributed by atoms with E-state index in [-0.39, 0.29) is 23.4 Å². The number of β-lactam (4-membered cyclic amide) rings is 1. The molecule has 0 bridgehead atoms. The van der Waals surface area contributed by atoms with Crippen molar-refractivity contribution in [3.05, 3.63) is 35.9 Å². The number of hydrogen-bond acceptors (Lipinski definition) is 2. The first-order valence-electron chi connectivity index (χ1n) is 8.50. The number of nitrogens with one attached hydrogen (secondary N) is 2. The Morgan fingerprint density at radius 1 is 1.22 bits per heavy atom. The van der Waals surface area contributed by atoms with Crippen LogP contribution >= 0.6 is 0 Å². The monoisotopic (exact) mass is 315 g/mol. The number of urea groups is 1. The minimum Gasteiger partial charge on any atom is -0.341 e. The van der Waals surface area contributed by atoms with Crippen LogP contribution in [-0.4, -0.2) is 37.0 Å². The van der Waals surface area contributed by atoms with Crippen LogP contribution in [0, 0.1) is 5.41 Å². The van der Waals surface area contributed by atoms with Gasteiger partial charge in [0.15, 0.2) is 0 Å². The van der Waals surface area contributed by atoms with Crippen molar-refractivity contribution in [1.82, 2.24) is 15.5 Å². The normalized spacial score (nSPS) is 22.6. The fraction of sp³-hybridized carbons (Fsp3) is 0.556. The van der Waals surface area contributed by atoms with Crippen molar-refractivity contribution in [2.24, 2.45) is 5.41 Å². The summed E-state index contributed by atoms with van der Waals surface area (Å²) in [4.78, 5) is 26.1. The predicted molar refractivity (Wildman–Crippen MR) is 88.9 cm³/mol. The van der Waals surface area contributed by atoms with Gasteiger partial charge in [0, 0.05) is 20.1 Å². The zero-order chi connectivity index (χ0) is 16.3. The molecule has 2 aliphatic rings. The molecule has 0 radical (unpaired) electrons. The van der Waals surface area contributed by atoms with Crippen LogP contribution < -0.4 is 10.6 Å². The van der Waals surface area contributed by atoms with Crippen molar-refractivity contribution in [3.8, 4) is 0 Å². The first kappa shape index (κ1) is 15.8. The van der Waals surface area contributed by atoms with Crippen molar-refractivity contribution >= 4 is 11.9 Å². The summed E-state index contributed by atoms with van der Waals surface area (Å²) in [6.07, 6.45) is 5.49. The summed E-state index contributed by atoms with van der Waals surface area (Å²) >= 11 is 0. The lowest BCUT2D eigenvalue weighted by Gasteiger charge is -2.58. The minimum atomic E-state index is -0.207. The summed E-state index contributed by atoms with van der Waals surface area (Å²) in [5, 5.41) is 5.30. The van der Waals surface area contributed by atoms with Crippen LogP contribution in [0.25, 0.3) is 0 Å². The average Bonchev–Trinajstić information content (AvgIpc) is 2.61. The zero-order valence-electron chi connectivity index (χ0n) is 13.7. The summed E-state index contributed by atoms with van der Waals surface area (Å²) < 4.78 is 0. The van der Waals surface area contributed by atoms with Gasteiger partial charge >= 0.3 is 6.03 Å². The van der Waals surface area contributed by atoms with E-state index in [1.165, 1.54) is 12.0 Å². The maximum absolute atomic E-state index is 12.9. The maximum Gasteiger partial charge on any atom is 0.314 e. The third-order valence-corrected chi connectivity index (χ3v) is 5.25. The van der Waals surface area contributed by atoms with Gasteiger partial charge in [-0.25, -0.2) is 4.79 Å². The molecule has 1 saturated heterocycles. The zero-order valence-corrected chi connectivity index (χ0v) is 13.7. The molecule has 0 aromatic heterocycles. The number of carbonyl (C=O) groups is 2. The standard InChI is InChI=1S/C18H25N3O2/c1-19-17(23)20-12-13-21-15(14-8-4-2-5-9-14)18(16(21)22)10-6-3-7-11-18/h2,4-5,8-9,15H,3,6-7,10-13H2,1H3,(H2,19,20,23). The van der Waals surface area contributed by atoms with Gasteiger partial charge in [0.1, 0.15) is 0 Å². The van der Waals surface area contributed by atoms with Gasteiger partial charge in [-0.3, -0.25) is 4.79 Å². The Balaban J connectivity index is 1.76. The van der Waals surface area contributed by atoms with E-state index in [9.17, 15) is 9.59 Å². The second kappa shape index (κ2) is 6.60. The molecular formula is C18H25N3O2. The maximum atomic E-state index is 12.9. The van der Waals surface area contributed by atoms with Crippen LogP contribution in [-0.2, 0) is 4.79 Å². The van der Waals surface area contributed by atoms with Gasteiger partial charge in [-0.2, -0.15) is 0 Å². The van der Waals surface area contributed by atoms with Crippen LogP contribution in [0.5, 0.6) is 0 Å². The lowest BCUT2D eigenvalue weighted by atomic mass is 9.60. The van der Waals surface area contributed by atoms with Crippen molar-refractivity contribution in [2.45, 2.75) is 38.1 Å². The Morgan fingerprint density at radius 2 is 1.91 bits per heavy atom. The highest BCUT2D eigenvalue weighted by atomic mass is 16.2. The van der Waals surface area contributed by atoms with Crippen molar-refractivity contribution in [3.63, 3.8) is 0 Å². The summed E-state index contributed by atoms with van der Waals surface area (Å²) in [7, 11) is 1.59. The van der Waals surface area contributed by atoms with E-state index >= 15 is 0 Å². The Bertz CT molecular complexity index is 567. The molecule has 23 heavy (non-hydrogen) atoms. The number of likely N-dealkylation sites (tertiary alicyclic amines) is 1. The van der Waals surface area contributed by atoms with Gasteiger partial charge in [0.05, 0.1) is 11.5 Å². The largest absolute Gasteiger partial charge is 0.341 e. The lowest BCUT2D eigenvalue weighted by molar-refractivity contribution is -0.178. The molecule has 2 N–H and O–H groups in total. The predicted octanol–water partition coefficient (Wildman–Crippen LogP) is 2.45. The van der Waals surface area contributed by atoms with Crippen LogP contribution in [0.15, 0.2) is 30.3 Å². The molecule has 124 valence electrons. The van der Waals surface area contributed by atoms with E-state index in [1.807, 2.05) is 23.1 Å². The number of hydrogen-bond donors (Lipinski definition) is 2. The Kier molecular flexibility index (Phi) is 4.55. The number of amides is 3. The highest BCUT2D eigenvalue weighted by Gasteiger charge is 2.60. The summed E-state index contributed by atoms with van der Waals surface area (Å²) in [5.74, 6) is 0.268. The fourth-order valence-electron chi connectivity index (χ4n) is 4.17. The Labute approximate surface area is 137 Å². The van der Waals surface area contributed by atoms with Gasteiger partial charge in [-0.1, -0.05) is 49.6 Å². The van der Waals surface area contributed by atoms with Crippen LogP contribution in [0.1, 0.15) is 43.7 Å². The third kappa shape index (κ3) is 2.80. The van der Waals surface area contributed by atoms with E-state index in [1.54, 1.807) is 7.05 Å². The van der Waals surface area contributed by atoms with E-state index in [0.717, 1.165) is 25.7 Å². The Morgan fingerprint density at radius 3 is 2.57 bits per heavy atom. The second-order valence-electron chi connectivity index (χ2n) is 6.53. The molecule has 5 heteroatoms. The third-order valence-electron chi connectivity index (χ3n) is 5.25. The average molecular weight is 315 g/mol. The first-order valence-corrected chi connectivity index (χ1v) is 8.50. The Hall–Kier alpha value is -2.04. The van der Waals surface area contributed by atoms with Gasteiger partial charge in [0.25, 0.3) is 0 Å². The summed E-state index contributed by atoms with van der Waals surface area (Å²) in [6, 6.07) is 10.3. The second-order valence-corrected chi connectivity index (χ2v) is 6.53. The topological polar surface area (TPSA) is 61.4 Å². The molecule has 2 fully saturated rings. The smallest absolute Gasteiger partial charge is 0.314 e. The molecule has 3 amide bonds. The molecule has 1 unspecified atom stereocenters. The number of rotatable bonds is 4. The van der Waals surface area contributed by atoms with Crippen LogP contribution in [0.3, 0.4) is 0 Å². The lowest BCUT2D eigenvalue weighted by Crippen LogP contribution is -2.65. The minimum absolute atomic E-state index is 0.156. The summed E-state index contributed by atoms with van der Waals surface area (Å²) in [5.41, 5.74) is 1.01. The van der Waals surface area contributed by atoms with Gasteiger partial charge in [-0.05, 0) is 18.4 Å². The van der Waals surface area contributed by atoms with Gasteiger partial charge in [-0.15, -0.1) is 0 Å². The van der Waals surface area contributed by atoms with Crippen LogP contribution in [0.4, 0.5) is 4.79 Å². The molecular weight excluding hydrogens is 290 g/mol. The van der Waals surface area contributed by atoms with Gasteiger partial charge in [0.2, 0.25) is 5.91 Å². The molecule has 1 atom stereocenters. The molecule has 1 aliphatic heterocycles. The number of nitrogens with zero attached hydrogens (tertiary/aromatic N) is 1. The van der Waals surface area contributed by atoms with E-state index < -0.39 is 0 Å². The van der Waals surface area contributed by atoms with Crippen LogP contribution in [0.2, 0.25) is 0 Å². The van der Waals surface area contributed by atoms with Gasteiger partial charge < -0.3 is 15.5 Å². The number of benzene rings is 1. The fourth-order valence-corrected chi connectivity index (χ4v) is 4.17. The van der Waals surface area contributed by atoms with E-state index in [0.29, 0.717) is 13.1 Å². The van der Waals surface area contributed by atoms with E-state index in [2.05, 4.69) is 22.8 Å². The molecule has 5 nitrogen and oxygen atoms in total. The highest BCUT2D eigenvalue weighted by molar-refractivity contribution is 5.91. The quantitative estimate of drug-likeness (QED) is 0.838. The molecule has 1 aromatic rings.